The summed E-state index contributed by atoms with van der Waals surface area (Å²) in [5.74, 6) is 1.87. The summed E-state index contributed by atoms with van der Waals surface area (Å²) in [6, 6.07) is 10.9. The van der Waals surface area contributed by atoms with Crippen molar-refractivity contribution >= 4 is 17.3 Å². The number of hydrogen-bond donors (Lipinski definition) is 1. The summed E-state index contributed by atoms with van der Waals surface area (Å²) in [6.45, 7) is 4.44. The lowest BCUT2D eigenvalue weighted by molar-refractivity contribution is 0.340. The molecule has 0 amide bonds. The van der Waals surface area contributed by atoms with E-state index in [9.17, 15) is 0 Å². The summed E-state index contributed by atoms with van der Waals surface area (Å²) >= 11 is 6.13. The molecule has 4 heteroatoms. The maximum atomic E-state index is 6.13. The first-order valence-electron chi connectivity index (χ1n) is 6.06. The fourth-order valence-electron chi connectivity index (χ4n) is 1.67. The first kappa shape index (κ1) is 13.6. The van der Waals surface area contributed by atoms with Crippen molar-refractivity contribution < 1.29 is 9.47 Å². The van der Waals surface area contributed by atoms with E-state index in [1.807, 2.05) is 32.0 Å². The number of halogens is 1. The maximum absolute atomic E-state index is 6.13. The fraction of sp³-hybridized carbons (Fsp3) is 0.200. The Bertz CT molecular complexity index is 584. The summed E-state index contributed by atoms with van der Waals surface area (Å²) in [5.41, 5.74) is 7.49. The molecule has 0 saturated heterocycles. The first-order valence-corrected chi connectivity index (χ1v) is 6.44. The Hall–Kier alpha value is -1.87. The number of rotatable bonds is 4. The minimum absolute atomic E-state index is 0.555. The van der Waals surface area contributed by atoms with Crippen molar-refractivity contribution in [3.05, 3.63) is 47.0 Å². The van der Waals surface area contributed by atoms with Crippen molar-refractivity contribution in [3.63, 3.8) is 0 Å². The summed E-state index contributed by atoms with van der Waals surface area (Å²) in [6.07, 6.45) is 0. The van der Waals surface area contributed by atoms with Crippen LogP contribution in [0.4, 0.5) is 5.69 Å². The molecule has 0 bridgehead atoms. The standard InChI is InChI=1S/C15H16ClNO2/c1-3-18-15-9-11(5-6-13(15)17)19-14-7-4-10(2)8-12(14)16/h4-9H,3,17H2,1-2H3. The molecule has 0 heterocycles. The molecule has 100 valence electrons. The van der Waals surface area contributed by atoms with Crippen LogP contribution in [-0.4, -0.2) is 6.61 Å². The van der Waals surface area contributed by atoms with E-state index in [0.717, 1.165) is 5.56 Å². The van der Waals surface area contributed by atoms with E-state index in [0.29, 0.717) is 34.6 Å². The summed E-state index contributed by atoms with van der Waals surface area (Å²) in [5, 5.41) is 0.579. The molecule has 0 fully saturated rings. The van der Waals surface area contributed by atoms with Crippen LogP contribution in [-0.2, 0) is 0 Å². The van der Waals surface area contributed by atoms with Gasteiger partial charge in [-0.1, -0.05) is 17.7 Å². The first-order chi connectivity index (χ1) is 9.10. The van der Waals surface area contributed by atoms with E-state index in [-0.39, 0.29) is 0 Å². The molecule has 0 saturated carbocycles. The van der Waals surface area contributed by atoms with Gasteiger partial charge in [0.2, 0.25) is 0 Å². The Morgan fingerprint density at radius 1 is 1.11 bits per heavy atom. The van der Waals surface area contributed by atoms with Crippen molar-refractivity contribution in [2.24, 2.45) is 0 Å². The molecule has 2 N–H and O–H groups in total. The molecule has 3 nitrogen and oxygen atoms in total. The Morgan fingerprint density at radius 2 is 1.89 bits per heavy atom. The third kappa shape index (κ3) is 3.32. The Balaban J connectivity index is 2.25. The Morgan fingerprint density at radius 3 is 2.58 bits per heavy atom. The molecule has 0 unspecified atom stereocenters. The van der Waals surface area contributed by atoms with E-state index < -0.39 is 0 Å². The van der Waals surface area contributed by atoms with E-state index >= 15 is 0 Å². The smallest absolute Gasteiger partial charge is 0.146 e. The second-order valence-electron chi connectivity index (χ2n) is 4.17. The monoisotopic (exact) mass is 277 g/mol. The third-order valence-electron chi connectivity index (χ3n) is 2.60. The lowest BCUT2D eigenvalue weighted by atomic mass is 10.2. The average Bonchev–Trinajstić information content (AvgIpc) is 2.37. The van der Waals surface area contributed by atoms with Crippen LogP contribution in [0.2, 0.25) is 5.02 Å². The number of nitrogens with two attached hydrogens (primary N) is 1. The van der Waals surface area contributed by atoms with E-state index in [1.54, 1.807) is 18.2 Å². The van der Waals surface area contributed by atoms with E-state index in [2.05, 4.69) is 0 Å². The number of anilines is 1. The molecule has 0 atom stereocenters. The van der Waals surface area contributed by atoms with Gasteiger partial charge < -0.3 is 15.2 Å². The number of ether oxygens (including phenoxy) is 2. The van der Waals surface area contributed by atoms with Crippen LogP contribution < -0.4 is 15.2 Å². The minimum atomic E-state index is 0.555. The predicted octanol–water partition coefficient (Wildman–Crippen LogP) is 4.42. The average molecular weight is 278 g/mol. The summed E-state index contributed by atoms with van der Waals surface area (Å²) < 4.78 is 11.2. The van der Waals surface area contributed by atoms with Gasteiger partial charge in [0.1, 0.15) is 17.2 Å². The number of nitrogen functional groups attached to an aromatic ring is 1. The van der Waals surface area contributed by atoms with Crippen LogP contribution in [0, 0.1) is 6.92 Å². The van der Waals surface area contributed by atoms with Crippen molar-refractivity contribution in [2.75, 3.05) is 12.3 Å². The molecule has 2 aromatic rings. The lowest BCUT2D eigenvalue weighted by Gasteiger charge is -2.11. The van der Waals surface area contributed by atoms with Gasteiger partial charge >= 0.3 is 0 Å². The molecule has 2 aromatic carbocycles. The molecule has 0 radical (unpaired) electrons. The van der Waals surface area contributed by atoms with E-state index in [4.69, 9.17) is 26.8 Å². The van der Waals surface area contributed by atoms with Gasteiger partial charge in [-0.3, -0.25) is 0 Å². The second kappa shape index (κ2) is 5.85. The Kier molecular flexibility index (Phi) is 4.17. The molecule has 2 rings (SSSR count). The number of hydrogen-bond acceptors (Lipinski definition) is 3. The van der Waals surface area contributed by atoms with Crippen molar-refractivity contribution in [3.8, 4) is 17.2 Å². The maximum Gasteiger partial charge on any atom is 0.146 e. The van der Waals surface area contributed by atoms with Gasteiger partial charge in [0.15, 0.2) is 0 Å². The molecule has 0 aromatic heterocycles. The van der Waals surface area contributed by atoms with Crippen LogP contribution in [0.3, 0.4) is 0 Å². The van der Waals surface area contributed by atoms with Crippen molar-refractivity contribution in [1.82, 2.24) is 0 Å². The highest BCUT2D eigenvalue weighted by Crippen LogP contribution is 2.33. The highest BCUT2D eigenvalue weighted by molar-refractivity contribution is 6.32. The molecule has 0 spiro atoms. The zero-order valence-electron chi connectivity index (χ0n) is 10.9. The van der Waals surface area contributed by atoms with Gasteiger partial charge in [0.25, 0.3) is 0 Å². The van der Waals surface area contributed by atoms with Gasteiger partial charge in [0, 0.05) is 6.07 Å². The lowest BCUT2D eigenvalue weighted by Crippen LogP contribution is -1.97. The SMILES string of the molecule is CCOc1cc(Oc2ccc(C)cc2Cl)ccc1N. The molecule has 0 aliphatic rings. The molecule has 0 aliphatic heterocycles. The third-order valence-corrected chi connectivity index (χ3v) is 2.90. The van der Waals surface area contributed by atoms with Crippen molar-refractivity contribution in [2.45, 2.75) is 13.8 Å². The minimum Gasteiger partial charge on any atom is -0.492 e. The summed E-state index contributed by atoms with van der Waals surface area (Å²) in [4.78, 5) is 0. The van der Waals surface area contributed by atoms with Gasteiger partial charge in [-0.2, -0.15) is 0 Å². The van der Waals surface area contributed by atoms with Crippen LogP contribution in [0.15, 0.2) is 36.4 Å². The van der Waals surface area contributed by atoms with Crippen LogP contribution in [0.5, 0.6) is 17.2 Å². The van der Waals surface area contributed by atoms with Gasteiger partial charge in [0.05, 0.1) is 17.3 Å². The Labute approximate surface area is 117 Å². The van der Waals surface area contributed by atoms with Gasteiger partial charge in [-0.15, -0.1) is 0 Å². The number of benzene rings is 2. The quantitative estimate of drug-likeness (QED) is 0.841. The van der Waals surface area contributed by atoms with Crippen LogP contribution >= 0.6 is 11.6 Å². The second-order valence-corrected chi connectivity index (χ2v) is 4.58. The normalized spacial score (nSPS) is 10.3. The fourth-order valence-corrected chi connectivity index (χ4v) is 1.95. The molecular weight excluding hydrogens is 262 g/mol. The molecular formula is C15H16ClNO2. The van der Waals surface area contributed by atoms with E-state index in [1.165, 1.54) is 0 Å². The molecule has 19 heavy (non-hydrogen) atoms. The van der Waals surface area contributed by atoms with Crippen LogP contribution in [0.25, 0.3) is 0 Å². The highest BCUT2D eigenvalue weighted by atomic mass is 35.5. The zero-order valence-corrected chi connectivity index (χ0v) is 11.7. The number of aryl methyl sites for hydroxylation is 1. The zero-order chi connectivity index (χ0) is 13.8. The molecule has 0 aliphatic carbocycles. The largest absolute Gasteiger partial charge is 0.492 e. The van der Waals surface area contributed by atoms with Gasteiger partial charge in [-0.05, 0) is 43.7 Å². The predicted molar refractivity (Wildman–Crippen MR) is 78.3 cm³/mol. The summed E-state index contributed by atoms with van der Waals surface area (Å²) in [7, 11) is 0. The highest BCUT2D eigenvalue weighted by Gasteiger charge is 2.06. The van der Waals surface area contributed by atoms with Gasteiger partial charge in [-0.25, -0.2) is 0 Å². The van der Waals surface area contributed by atoms with Crippen molar-refractivity contribution in [1.29, 1.82) is 0 Å². The van der Waals surface area contributed by atoms with Crippen LogP contribution in [0.1, 0.15) is 12.5 Å². The topological polar surface area (TPSA) is 44.5 Å².